The van der Waals surface area contributed by atoms with Crippen LogP contribution in [0.5, 0.6) is 0 Å². The third kappa shape index (κ3) is 3.40. The van der Waals surface area contributed by atoms with E-state index in [9.17, 15) is 0 Å². The van der Waals surface area contributed by atoms with Crippen molar-refractivity contribution in [2.24, 2.45) is 0 Å². The van der Waals surface area contributed by atoms with Gasteiger partial charge in [0.25, 0.3) is 0 Å². The summed E-state index contributed by atoms with van der Waals surface area (Å²) in [7, 11) is 0. The van der Waals surface area contributed by atoms with Crippen molar-refractivity contribution in [3.63, 3.8) is 0 Å². The number of nitrogens with zero attached hydrogens (tertiary/aromatic N) is 1. The lowest BCUT2D eigenvalue weighted by Crippen LogP contribution is -2.28. The molecule has 0 amide bonds. The summed E-state index contributed by atoms with van der Waals surface area (Å²) in [5.41, 5.74) is 1.16. The van der Waals surface area contributed by atoms with Crippen molar-refractivity contribution >= 4 is 28.1 Å². The van der Waals surface area contributed by atoms with E-state index in [1.807, 2.05) is 18.2 Å². The van der Waals surface area contributed by atoms with Crippen LogP contribution in [0, 0.1) is 0 Å². The number of hydrogen-bond acceptors (Lipinski definition) is 2. The molecule has 0 saturated heterocycles. The maximum atomic E-state index is 6.22. The zero-order valence-electron chi connectivity index (χ0n) is 11.6. The Morgan fingerprint density at radius 2 is 1.68 bits per heavy atom. The Morgan fingerprint density at radius 1 is 1.00 bits per heavy atom. The molecule has 19 heavy (non-hydrogen) atoms. The average molecular weight is 277 g/mol. The number of likely N-dealkylation sites (N-methyl/N-ethyl adjacent to an activating group) is 1. The third-order valence-electron chi connectivity index (χ3n) is 3.51. The number of benzene rings is 2. The molecule has 2 aromatic rings. The Hall–Kier alpha value is -1.25. The fraction of sp³-hybridized carbons (Fsp3) is 0.375. The molecule has 0 spiro atoms. The topological polar surface area (TPSA) is 15.3 Å². The predicted molar refractivity (Wildman–Crippen MR) is 85.2 cm³/mol. The minimum Gasteiger partial charge on any atom is -0.383 e. The maximum Gasteiger partial charge on any atom is 0.0485 e. The summed E-state index contributed by atoms with van der Waals surface area (Å²) in [6, 6.07) is 12.3. The molecular formula is C16H21ClN2. The summed E-state index contributed by atoms with van der Waals surface area (Å²) < 4.78 is 0. The van der Waals surface area contributed by atoms with E-state index >= 15 is 0 Å². The number of rotatable bonds is 6. The largest absolute Gasteiger partial charge is 0.383 e. The van der Waals surface area contributed by atoms with Crippen molar-refractivity contribution in [3.05, 3.63) is 41.4 Å². The van der Waals surface area contributed by atoms with Gasteiger partial charge in [0, 0.05) is 34.6 Å². The lowest BCUT2D eigenvalue weighted by Gasteiger charge is -2.19. The molecule has 0 aliphatic rings. The Balaban J connectivity index is 2.11. The van der Waals surface area contributed by atoms with E-state index in [2.05, 4.69) is 42.3 Å². The van der Waals surface area contributed by atoms with Crippen LogP contribution >= 0.6 is 11.6 Å². The second-order valence-electron chi connectivity index (χ2n) is 4.59. The average Bonchev–Trinajstić information content (AvgIpc) is 2.46. The molecule has 102 valence electrons. The first-order valence-corrected chi connectivity index (χ1v) is 7.27. The highest BCUT2D eigenvalue weighted by Crippen LogP contribution is 2.29. The number of anilines is 1. The van der Waals surface area contributed by atoms with Crippen molar-refractivity contribution in [1.82, 2.24) is 4.90 Å². The van der Waals surface area contributed by atoms with Crippen molar-refractivity contribution in [2.75, 3.05) is 31.5 Å². The molecule has 0 aliphatic heterocycles. The monoisotopic (exact) mass is 276 g/mol. The van der Waals surface area contributed by atoms with Crippen LogP contribution in [0.3, 0.4) is 0 Å². The van der Waals surface area contributed by atoms with Gasteiger partial charge in [-0.2, -0.15) is 0 Å². The molecule has 0 heterocycles. The summed E-state index contributed by atoms with van der Waals surface area (Å²) in [6.07, 6.45) is 0. The highest BCUT2D eigenvalue weighted by Gasteiger charge is 2.04. The number of halogens is 1. The van der Waals surface area contributed by atoms with Crippen LogP contribution in [0.4, 0.5) is 5.69 Å². The van der Waals surface area contributed by atoms with E-state index in [4.69, 9.17) is 11.6 Å². The van der Waals surface area contributed by atoms with Crippen molar-refractivity contribution in [3.8, 4) is 0 Å². The van der Waals surface area contributed by atoms with Crippen molar-refractivity contribution in [1.29, 1.82) is 0 Å². The molecule has 2 aromatic carbocycles. The lowest BCUT2D eigenvalue weighted by atomic mass is 10.1. The van der Waals surface area contributed by atoms with Gasteiger partial charge in [0.1, 0.15) is 0 Å². The molecule has 0 saturated carbocycles. The Bertz CT molecular complexity index is 535. The molecule has 0 aromatic heterocycles. The molecule has 0 radical (unpaired) electrons. The summed E-state index contributed by atoms with van der Waals surface area (Å²) >= 11 is 6.22. The van der Waals surface area contributed by atoms with Crippen LogP contribution in [0.15, 0.2) is 36.4 Å². The third-order valence-corrected chi connectivity index (χ3v) is 3.84. The van der Waals surface area contributed by atoms with Gasteiger partial charge in [0.15, 0.2) is 0 Å². The van der Waals surface area contributed by atoms with Gasteiger partial charge in [0.05, 0.1) is 0 Å². The van der Waals surface area contributed by atoms with Gasteiger partial charge in [-0.1, -0.05) is 49.7 Å². The minimum atomic E-state index is 0.810. The molecule has 0 atom stereocenters. The summed E-state index contributed by atoms with van der Waals surface area (Å²) in [6.45, 7) is 8.60. The van der Waals surface area contributed by atoms with Gasteiger partial charge < -0.3 is 10.2 Å². The van der Waals surface area contributed by atoms with Gasteiger partial charge in [0.2, 0.25) is 0 Å². The van der Waals surface area contributed by atoms with Crippen LogP contribution in [0.25, 0.3) is 10.8 Å². The first kappa shape index (κ1) is 14.2. The lowest BCUT2D eigenvalue weighted by molar-refractivity contribution is 0.316. The van der Waals surface area contributed by atoms with Crippen molar-refractivity contribution < 1.29 is 0 Å². The molecule has 0 aliphatic carbocycles. The standard InChI is InChI=1S/C16H21ClN2/c1-3-19(4-2)12-11-18-16-10-9-15(17)13-7-5-6-8-14(13)16/h5-10,18H,3-4,11-12H2,1-2H3. The number of fused-ring (bicyclic) bond motifs is 1. The van der Waals surface area contributed by atoms with E-state index in [1.165, 1.54) is 5.39 Å². The Kier molecular flexibility index (Phi) is 5.06. The van der Waals surface area contributed by atoms with Crippen LogP contribution in [-0.2, 0) is 0 Å². The van der Waals surface area contributed by atoms with E-state index in [0.29, 0.717) is 0 Å². The molecule has 2 rings (SSSR count). The van der Waals surface area contributed by atoms with E-state index in [1.54, 1.807) is 0 Å². The fourth-order valence-corrected chi connectivity index (χ4v) is 2.53. The highest BCUT2D eigenvalue weighted by molar-refractivity contribution is 6.36. The van der Waals surface area contributed by atoms with Crippen LogP contribution in [0.1, 0.15) is 13.8 Å². The Morgan fingerprint density at radius 3 is 2.37 bits per heavy atom. The van der Waals surface area contributed by atoms with Gasteiger partial charge in [-0.05, 0) is 25.2 Å². The van der Waals surface area contributed by atoms with Crippen LogP contribution < -0.4 is 5.32 Å². The fourth-order valence-electron chi connectivity index (χ4n) is 2.30. The van der Waals surface area contributed by atoms with Crippen molar-refractivity contribution in [2.45, 2.75) is 13.8 Å². The zero-order chi connectivity index (χ0) is 13.7. The normalized spacial score (nSPS) is 11.2. The molecule has 0 fully saturated rings. The van der Waals surface area contributed by atoms with Gasteiger partial charge in [-0.3, -0.25) is 0 Å². The Labute approximate surface area is 120 Å². The maximum absolute atomic E-state index is 6.22. The predicted octanol–water partition coefficient (Wildman–Crippen LogP) is 4.25. The zero-order valence-corrected chi connectivity index (χ0v) is 12.4. The first-order chi connectivity index (χ1) is 9.26. The van der Waals surface area contributed by atoms with E-state index in [0.717, 1.165) is 42.3 Å². The molecule has 0 unspecified atom stereocenters. The minimum absolute atomic E-state index is 0.810. The number of nitrogens with one attached hydrogen (secondary N) is 1. The molecule has 0 bridgehead atoms. The highest BCUT2D eigenvalue weighted by atomic mass is 35.5. The SMILES string of the molecule is CCN(CC)CCNc1ccc(Cl)c2ccccc12. The summed E-state index contributed by atoms with van der Waals surface area (Å²) in [5.74, 6) is 0. The van der Waals surface area contributed by atoms with Crippen LogP contribution in [0.2, 0.25) is 5.02 Å². The number of hydrogen-bond donors (Lipinski definition) is 1. The van der Waals surface area contributed by atoms with Gasteiger partial charge in [-0.25, -0.2) is 0 Å². The molecular weight excluding hydrogens is 256 g/mol. The quantitative estimate of drug-likeness (QED) is 0.849. The van der Waals surface area contributed by atoms with E-state index < -0.39 is 0 Å². The molecule has 1 N–H and O–H groups in total. The summed E-state index contributed by atoms with van der Waals surface area (Å²) in [5, 5.41) is 6.62. The second-order valence-corrected chi connectivity index (χ2v) is 5.00. The van der Waals surface area contributed by atoms with Crippen LogP contribution in [-0.4, -0.2) is 31.1 Å². The van der Waals surface area contributed by atoms with Gasteiger partial charge in [-0.15, -0.1) is 0 Å². The molecule has 2 nitrogen and oxygen atoms in total. The van der Waals surface area contributed by atoms with Gasteiger partial charge >= 0.3 is 0 Å². The van der Waals surface area contributed by atoms with E-state index in [-0.39, 0.29) is 0 Å². The first-order valence-electron chi connectivity index (χ1n) is 6.89. The second kappa shape index (κ2) is 6.78. The smallest absolute Gasteiger partial charge is 0.0485 e. The molecule has 3 heteroatoms. The summed E-state index contributed by atoms with van der Waals surface area (Å²) in [4.78, 5) is 2.41.